The van der Waals surface area contributed by atoms with Crippen molar-refractivity contribution in [2.75, 3.05) is 26.8 Å². The highest BCUT2D eigenvalue weighted by Crippen LogP contribution is 2.29. The Morgan fingerprint density at radius 2 is 1.65 bits per heavy atom. The van der Waals surface area contributed by atoms with Crippen LogP contribution in [0.3, 0.4) is 0 Å². The van der Waals surface area contributed by atoms with Crippen molar-refractivity contribution in [2.24, 2.45) is 0 Å². The molecule has 0 fully saturated rings. The van der Waals surface area contributed by atoms with Gasteiger partial charge in [0.25, 0.3) is 11.8 Å². The molecule has 7 nitrogen and oxygen atoms in total. The largest absolute Gasteiger partial charge is 0.493 e. The summed E-state index contributed by atoms with van der Waals surface area (Å²) >= 11 is 0. The maximum absolute atomic E-state index is 13.0. The SMILES string of the molecule is CCCOc1ccc(CN(CCC)C(=O)CN2C(=O)c3ccccc3C2=O)cc1OC. The van der Waals surface area contributed by atoms with Crippen LogP contribution in [0.5, 0.6) is 11.5 Å². The topological polar surface area (TPSA) is 76.2 Å². The van der Waals surface area contributed by atoms with Crippen LogP contribution in [0.15, 0.2) is 42.5 Å². The van der Waals surface area contributed by atoms with Crippen LogP contribution >= 0.6 is 0 Å². The minimum Gasteiger partial charge on any atom is -0.493 e. The average molecular weight is 424 g/mol. The number of carbonyl (C=O) groups is 3. The molecule has 0 saturated carbocycles. The number of ether oxygens (including phenoxy) is 2. The first-order valence-corrected chi connectivity index (χ1v) is 10.5. The Labute approximate surface area is 182 Å². The fraction of sp³-hybridized carbons (Fsp3) is 0.375. The number of hydrogen-bond acceptors (Lipinski definition) is 5. The summed E-state index contributed by atoms with van der Waals surface area (Å²) in [6.45, 7) is 5.18. The molecule has 1 aliphatic rings. The lowest BCUT2D eigenvalue weighted by Gasteiger charge is -2.25. The molecule has 1 heterocycles. The molecule has 0 spiro atoms. The van der Waals surface area contributed by atoms with Gasteiger partial charge >= 0.3 is 0 Å². The number of imide groups is 1. The molecule has 1 aliphatic heterocycles. The van der Waals surface area contributed by atoms with E-state index in [0.717, 1.165) is 23.3 Å². The van der Waals surface area contributed by atoms with E-state index in [9.17, 15) is 14.4 Å². The molecular weight excluding hydrogens is 396 g/mol. The number of nitrogens with zero attached hydrogens (tertiary/aromatic N) is 2. The highest BCUT2D eigenvalue weighted by Gasteiger charge is 2.37. The molecule has 0 aromatic heterocycles. The molecule has 0 bridgehead atoms. The third-order valence-electron chi connectivity index (χ3n) is 5.08. The zero-order chi connectivity index (χ0) is 22.4. The van der Waals surface area contributed by atoms with Gasteiger partial charge in [0.15, 0.2) is 11.5 Å². The fourth-order valence-corrected chi connectivity index (χ4v) is 3.54. The molecule has 3 rings (SSSR count). The van der Waals surface area contributed by atoms with Gasteiger partial charge in [0.1, 0.15) is 6.54 Å². The molecular formula is C24H28N2O5. The van der Waals surface area contributed by atoms with E-state index in [1.807, 2.05) is 32.0 Å². The molecule has 0 aliphatic carbocycles. The number of hydrogen-bond donors (Lipinski definition) is 0. The summed E-state index contributed by atoms with van der Waals surface area (Å²) < 4.78 is 11.1. The summed E-state index contributed by atoms with van der Waals surface area (Å²) in [5, 5.41) is 0. The number of carbonyl (C=O) groups excluding carboxylic acids is 3. The van der Waals surface area contributed by atoms with Gasteiger partial charge in [0.05, 0.1) is 24.8 Å². The van der Waals surface area contributed by atoms with Crippen LogP contribution in [-0.2, 0) is 11.3 Å². The van der Waals surface area contributed by atoms with Crippen molar-refractivity contribution in [3.63, 3.8) is 0 Å². The predicted molar refractivity (Wildman–Crippen MR) is 116 cm³/mol. The second kappa shape index (κ2) is 10.1. The van der Waals surface area contributed by atoms with Crippen molar-refractivity contribution in [1.82, 2.24) is 9.80 Å². The number of fused-ring (bicyclic) bond motifs is 1. The summed E-state index contributed by atoms with van der Waals surface area (Å²) in [6.07, 6.45) is 1.64. The summed E-state index contributed by atoms with van der Waals surface area (Å²) in [7, 11) is 1.58. The second-order valence-electron chi connectivity index (χ2n) is 7.39. The van der Waals surface area contributed by atoms with E-state index in [2.05, 4.69) is 0 Å². The maximum Gasteiger partial charge on any atom is 0.262 e. The highest BCUT2D eigenvalue weighted by atomic mass is 16.5. The predicted octanol–water partition coefficient (Wildman–Crippen LogP) is 3.52. The third kappa shape index (κ3) is 4.87. The average Bonchev–Trinajstić information content (AvgIpc) is 3.02. The van der Waals surface area contributed by atoms with Crippen molar-refractivity contribution >= 4 is 17.7 Å². The van der Waals surface area contributed by atoms with E-state index in [0.29, 0.717) is 42.3 Å². The van der Waals surface area contributed by atoms with E-state index in [4.69, 9.17) is 9.47 Å². The molecule has 31 heavy (non-hydrogen) atoms. The van der Waals surface area contributed by atoms with Gasteiger partial charge in [-0.05, 0) is 42.7 Å². The first kappa shape index (κ1) is 22.3. The summed E-state index contributed by atoms with van der Waals surface area (Å²) in [6, 6.07) is 12.2. The minimum atomic E-state index is -0.426. The maximum atomic E-state index is 13.0. The van der Waals surface area contributed by atoms with Crippen LogP contribution in [0, 0.1) is 0 Å². The fourth-order valence-electron chi connectivity index (χ4n) is 3.54. The Balaban J connectivity index is 1.73. The quantitative estimate of drug-likeness (QED) is 0.546. The van der Waals surface area contributed by atoms with Gasteiger partial charge in [-0.3, -0.25) is 19.3 Å². The van der Waals surface area contributed by atoms with E-state index in [1.165, 1.54) is 0 Å². The third-order valence-corrected chi connectivity index (χ3v) is 5.08. The van der Waals surface area contributed by atoms with Crippen molar-refractivity contribution in [1.29, 1.82) is 0 Å². The van der Waals surface area contributed by atoms with Gasteiger partial charge in [-0.25, -0.2) is 0 Å². The highest BCUT2D eigenvalue weighted by molar-refractivity contribution is 6.22. The van der Waals surface area contributed by atoms with Gasteiger partial charge in [0.2, 0.25) is 5.91 Å². The van der Waals surface area contributed by atoms with Gasteiger partial charge in [-0.15, -0.1) is 0 Å². The van der Waals surface area contributed by atoms with Crippen molar-refractivity contribution < 1.29 is 23.9 Å². The van der Waals surface area contributed by atoms with Crippen LogP contribution in [-0.4, -0.2) is 54.3 Å². The van der Waals surface area contributed by atoms with E-state index < -0.39 is 11.8 Å². The molecule has 164 valence electrons. The minimum absolute atomic E-state index is 0.276. The standard InChI is InChI=1S/C24H28N2O5/c1-4-12-25(15-17-10-11-20(31-13-5-2)21(14-17)30-3)22(27)16-26-23(28)18-8-6-7-9-19(18)24(26)29/h6-11,14H,4-5,12-13,15-16H2,1-3H3. The van der Waals surface area contributed by atoms with Crippen LogP contribution in [0.2, 0.25) is 0 Å². The Morgan fingerprint density at radius 1 is 0.968 bits per heavy atom. The van der Waals surface area contributed by atoms with Crippen molar-refractivity contribution in [3.8, 4) is 11.5 Å². The first-order chi connectivity index (χ1) is 15.0. The lowest BCUT2D eigenvalue weighted by molar-refractivity contribution is -0.132. The van der Waals surface area contributed by atoms with Crippen LogP contribution < -0.4 is 9.47 Å². The molecule has 7 heteroatoms. The molecule has 2 aromatic carbocycles. The molecule has 0 radical (unpaired) electrons. The molecule has 2 aromatic rings. The zero-order valence-electron chi connectivity index (χ0n) is 18.2. The monoisotopic (exact) mass is 424 g/mol. The smallest absolute Gasteiger partial charge is 0.262 e. The summed E-state index contributed by atoms with van der Waals surface area (Å²) in [4.78, 5) is 40.9. The Hall–Kier alpha value is -3.35. The van der Waals surface area contributed by atoms with E-state index in [-0.39, 0.29) is 12.5 Å². The number of benzene rings is 2. The Kier molecular flexibility index (Phi) is 7.28. The molecule has 3 amide bonds. The zero-order valence-corrected chi connectivity index (χ0v) is 18.2. The first-order valence-electron chi connectivity index (χ1n) is 10.5. The lowest BCUT2D eigenvalue weighted by Crippen LogP contribution is -2.42. The van der Waals surface area contributed by atoms with Gasteiger partial charge in [-0.1, -0.05) is 32.0 Å². The van der Waals surface area contributed by atoms with Crippen LogP contribution in [0.1, 0.15) is 53.0 Å². The van der Waals surface area contributed by atoms with Gasteiger partial charge in [-0.2, -0.15) is 0 Å². The van der Waals surface area contributed by atoms with E-state index in [1.54, 1.807) is 36.3 Å². The van der Waals surface area contributed by atoms with Crippen molar-refractivity contribution in [3.05, 3.63) is 59.2 Å². The van der Waals surface area contributed by atoms with E-state index >= 15 is 0 Å². The number of methoxy groups -OCH3 is 1. The van der Waals surface area contributed by atoms with Crippen molar-refractivity contribution in [2.45, 2.75) is 33.2 Å². The molecule has 0 saturated heterocycles. The molecule has 0 unspecified atom stereocenters. The summed E-state index contributed by atoms with van der Waals surface area (Å²) in [5.41, 5.74) is 1.56. The second-order valence-corrected chi connectivity index (χ2v) is 7.39. The van der Waals surface area contributed by atoms with Gasteiger partial charge < -0.3 is 14.4 Å². The summed E-state index contributed by atoms with van der Waals surface area (Å²) in [5.74, 6) is 0.137. The number of rotatable bonds is 10. The molecule has 0 N–H and O–H groups in total. The Bertz CT molecular complexity index is 937. The molecule has 0 atom stereocenters. The normalized spacial score (nSPS) is 12.7. The Morgan fingerprint density at radius 3 is 2.23 bits per heavy atom. The lowest BCUT2D eigenvalue weighted by atomic mass is 10.1. The van der Waals surface area contributed by atoms with Gasteiger partial charge in [0, 0.05) is 13.1 Å². The number of amides is 3. The van der Waals surface area contributed by atoms with Crippen LogP contribution in [0.25, 0.3) is 0 Å². The van der Waals surface area contributed by atoms with Crippen LogP contribution in [0.4, 0.5) is 0 Å².